The summed E-state index contributed by atoms with van der Waals surface area (Å²) in [7, 11) is 0. The Morgan fingerprint density at radius 2 is 1.67 bits per heavy atom. The van der Waals surface area contributed by atoms with Gasteiger partial charge in [-0.1, -0.05) is 59.1 Å². The van der Waals surface area contributed by atoms with Crippen LogP contribution in [0, 0.1) is 16.0 Å². The van der Waals surface area contributed by atoms with Gasteiger partial charge in [0, 0.05) is 28.1 Å². The number of halogens is 3. The maximum absolute atomic E-state index is 13.8. The van der Waals surface area contributed by atoms with Gasteiger partial charge in [0.1, 0.15) is 0 Å². The lowest BCUT2D eigenvalue weighted by atomic mass is 9.77. The van der Waals surface area contributed by atoms with Crippen LogP contribution in [0.25, 0.3) is 6.08 Å². The Kier molecular flexibility index (Phi) is 6.84. The minimum Gasteiger partial charge on any atom is -0.267 e. The summed E-state index contributed by atoms with van der Waals surface area (Å²) in [5.74, 6) is -0.531. The minimum atomic E-state index is -0.549. The number of nitro benzene ring substituents is 1. The number of carbonyl (C=O) groups excluding carboxylic acids is 1. The fraction of sp³-hybridized carbons (Fsp3) is 0.185. The smallest absolute Gasteiger partial charge is 0.267 e. The van der Waals surface area contributed by atoms with E-state index in [2.05, 4.69) is 6.08 Å². The van der Waals surface area contributed by atoms with Crippen molar-refractivity contribution in [1.82, 2.24) is 5.01 Å². The summed E-state index contributed by atoms with van der Waals surface area (Å²) in [4.78, 5) is 24.6. The van der Waals surface area contributed by atoms with Gasteiger partial charge in [0.25, 0.3) is 11.6 Å². The summed E-state index contributed by atoms with van der Waals surface area (Å²) in [5.41, 5.74) is 3.59. The fourth-order valence-corrected chi connectivity index (χ4v) is 5.29. The minimum absolute atomic E-state index is 0.0380. The number of hydrazone groups is 1. The van der Waals surface area contributed by atoms with Crippen LogP contribution in [0.3, 0.4) is 0 Å². The zero-order chi connectivity index (χ0) is 25.4. The summed E-state index contributed by atoms with van der Waals surface area (Å²) in [6.45, 7) is 0. The first-order valence-corrected chi connectivity index (χ1v) is 12.5. The molecule has 0 bridgehead atoms. The molecular formula is C27H20Cl3N3O3. The third kappa shape index (κ3) is 4.76. The van der Waals surface area contributed by atoms with Crippen LogP contribution in [-0.2, 0) is 0 Å². The van der Waals surface area contributed by atoms with Crippen LogP contribution < -0.4 is 0 Å². The van der Waals surface area contributed by atoms with E-state index < -0.39 is 16.9 Å². The number of fused-ring (bicyclic) bond motifs is 1. The standard InChI is InChI=1S/C27H20Cl3N3O3/c28-19-8-4-16(5-9-19)14-18-2-1-3-22-25(18)31-32(26(22)17-6-10-20(29)11-7-17)27(34)23-15-21(33(35)36)12-13-24(23)30/h4-15,22,26H,1-3H2/b18-14+/t22-,26-/m1/s1. The largest absolute Gasteiger partial charge is 0.276 e. The van der Waals surface area contributed by atoms with Crippen molar-refractivity contribution in [3.05, 3.63) is 114 Å². The van der Waals surface area contributed by atoms with Gasteiger partial charge in [0.2, 0.25) is 0 Å². The average Bonchev–Trinajstić information content (AvgIpc) is 3.26. The molecular weight excluding hydrogens is 521 g/mol. The molecule has 3 aromatic rings. The number of hydrogen-bond acceptors (Lipinski definition) is 4. The lowest BCUT2D eigenvalue weighted by molar-refractivity contribution is -0.384. The van der Waals surface area contributed by atoms with E-state index >= 15 is 0 Å². The van der Waals surface area contributed by atoms with E-state index in [9.17, 15) is 14.9 Å². The number of benzene rings is 3. The molecule has 6 nitrogen and oxygen atoms in total. The van der Waals surface area contributed by atoms with Gasteiger partial charge in [-0.2, -0.15) is 5.10 Å². The first-order chi connectivity index (χ1) is 17.3. The highest BCUT2D eigenvalue weighted by Crippen LogP contribution is 2.45. The van der Waals surface area contributed by atoms with Gasteiger partial charge in [-0.15, -0.1) is 0 Å². The molecule has 2 atom stereocenters. The van der Waals surface area contributed by atoms with Crippen molar-refractivity contribution in [2.24, 2.45) is 11.0 Å². The second-order valence-electron chi connectivity index (χ2n) is 8.77. The molecule has 9 heteroatoms. The highest BCUT2D eigenvalue weighted by Gasteiger charge is 2.44. The summed E-state index contributed by atoms with van der Waals surface area (Å²) >= 11 is 18.5. The van der Waals surface area contributed by atoms with Crippen LogP contribution >= 0.6 is 34.8 Å². The number of rotatable bonds is 4. The number of nitro groups is 1. The van der Waals surface area contributed by atoms with Crippen LogP contribution in [0.15, 0.2) is 77.4 Å². The van der Waals surface area contributed by atoms with Crippen molar-refractivity contribution in [2.45, 2.75) is 25.3 Å². The molecule has 1 saturated carbocycles. The Hall–Kier alpha value is -3.19. The Morgan fingerprint density at radius 1 is 1.00 bits per heavy atom. The van der Waals surface area contributed by atoms with Gasteiger partial charge >= 0.3 is 0 Å². The van der Waals surface area contributed by atoms with Crippen LogP contribution in [0.1, 0.15) is 46.8 Å². The fourth-order valence-electron chi connectivity index (χ4n) is 4.84. The Balaban J connectivity index is 1.60. The molecule has 1 heterocycles. The van der Waals surface area contributed by atoms with Crippen molar-refractivity contribution in [3.8, 4) is 0 Å². The molecule has 0 radical (unpaired) electrons. The van der Waals surface area contributed by atoms with E-state index in [1.165, 1.54) is 23.2 Å². The van der Waals surface area contributed by atoms with Gasteiger partial charge in [-0.25, -0.2) is 5.01 Å². The number of nitrogens with zero attached hydrogens (tertiary/aromatic N) is 3. The summed E-state index contributed by atoms with van der Waals surface area (Å²) in [6, 6.07) is 18.3. The molecule has 1 aliphatic heterocycles. The van der Waals surface area contributed by atoms with Crippen molar-refractivity contribution in [3.63, 3.8) is 0 Å². The number of hydrogen-bond donors (Lipinski definition) is 0. The molecule has 5 rings (SSSR count). The highest BCUT2D eigenvalue weighted by molar-refractivity contribution is 6.34. The number of allylic oxidation sites excluding steroid dienone is 1. The molecule has 2 aliphatic rings. The van der Waals surface area contributed by atoms with E-state index in [-0.39, 0.29) is 22.2 Å². The third-order valence-electron chi connectivity index (χ3n) is 6.52. The summed E-state index contributed by atoms with van der Waals surface area (Å²) < 4.78 is 0. The van der Waals surface area contributed by atoms with Crippen LogP contribution in [0.4, 0.5) is 5.69 Å². The molecule has 0 aromatic heterocycles. The molecule has 1 amide bonds. The molecule has 0 unspecified atom stereocenters. The topological polar surface area (TPSA) is 75.8 Å². The maximum atomic E-state index is 13.8. The van der Waals surface area contributed by atoms with E-state index in [0.29, 0.717) is 10.0 Å². The number of non-ortho nitro benzene ring substituents is 1. The Morgan fingerprint density at radius 3 is 2.33 bits per heavy atom. The first-order valence-electron chi connectivity index (χ1n) is 11.4. The molecule has 0 N–H and O–H groups in total. The quantitative estimate of drug-likeness (QED) is 0.248. The molecule has 36 heavy (non-hydrogen) atoms. The van der Waals surface area contributed by atoms with Gasteiger partial charge in [-0.05, 0) is 72.4 Å². The second kappa shape index (κ2) is 10.1. The molecule has 1 fully saturated rings. The van der Waals surface area contributed by atoms with Crippen molar-refractivity contribution < 1.29 is 9.72 Å². The summed E-state index contributed by atoms with van der Waals surface area (Å²) in [6.07, 6.45) is 4.68. The number of carbonyl (C=O) groups is 1. The zero-order valence-electron chi connectivity index (χ0n) is 18.9. The van der Waals surface area contributed by atoms with Crippen molar-refractivity contribution in [1.29, 1.82) is 0 Å². The maximum Gasteiger partial charge on any atom is 0.276 e. The predicted molar refractivity (Wildman–Crippen MR) is 143 cm³/mol. The van der Waals surface area contributed by atoms with Gasteiger partial charge in [0.15, 0.2) is 0 Å². The highest BCUT2D eigenvalue weighted by atomic mass is 35.5. The molecule has 0 saturated heterocycles. The number of amides is 1. The molecule has 3 aromatic carbocycles. The first kappa shape index (κ1) is 24.5. The monoisotopic (exact) mass is 539 g/mol. The van der Waals surface area contributed by atoms with Gasteiger partial charge in [-0.3, -0.25) is 14.9 Å². The second-order valence-corrected chi connectivity index (χ2v) is 10.1. The lowest BCUT2D eigenvalue weighted by Crippen LogP contribution is -2.32. The van der Waals surface area contributed by atoms with Gasteiger partial charge < -0.3 is 0 Å². The molecule has 0 spiro atoms. The average molecular weight is 541 g/mol. The summed E-state index contributed by atoms with van der Waals surface area (Å²) in [5, 5.41) is 19.0. The van der Waals surface area contributed by atoms with Crippen LogP contribution in [-0.4, -0.2) is 21.6 Å². The molecule has 182 valence electrons. The Bertz CT molecular complexity index is 1400. The Labute approximate surface area is 222 Å². The lowest BCUT2D eigenvalue weighted by Gasteiger charge is -2.29. The third-order valence-corrected chi connectivity index (χ3v) is 7.36. The van der Waals surface area contributed by atoms with Gasteiger partial charge in [0.05, 0.1) is 27.3 Å². The zero-order valence-corrected chi connectivity index (χ0v) is 21.2. The SMILES string of the molecule is O=C(c1cc([N+](=O)[O-])ccc1Cl)N1N=C2/C(=C/c3ccc(Cl)cc3)CCC[C@H]2[C@H]1c1ccc(Cl)cc1. The molecule has 1 aliphatic carbocycles. The van der Waals surface area contributed by atoms with Crippen LogP contribution in [0.2, 0.25) is 15.1 Å². The van der Waals surface area contributed by atoms with E-state index in [4.69, 9.17) is 39.9 Å². The van der Waals surface area contributed by atoms with E-state index in [0.717, 1.165) is 41.7 Å². The van der Waals surface area contributed by atoms with Crippen LogP contribution in [0.5, 0.6) is 0 Å². The normalized spacial score (nSPS) is 20.2. The van der Waals surface area contributed by atoms with Crippen molar-refractivity contribution >= 4 is 58.2 Å². The van der Waals surface area contributed by atoms with Crippen molar-refractivity contribution in [2.75, 3.05) is 0 Å². The van der Waals surface area contributed by atoms with E-state index in [1.807, 2.05) is 36.4 Å². The van der Waals surface area contributed by atoms with E-state index in [1.54, 1.807) is 12.1 Å². The predicted octanol–water partition coefficient (Wildman–Crippen LogP) is 7.99.